The smallest absolute Gasteiger partial charge is 0.239 e. The summed E-state index contributed by atoms with van der Waals surface area (Å²) in [6.07, 6.45) is 1.50. The van der Waals surface area contributed by atoms with E-state index < -0.39 is 15.9 Å². The summed E-state index contributed by atoms with van der Waals surface area (Å²) in [5.74, 6) is 0.282. The van der Waals surface area contributed by atoms with Gasteiger partial charge in [-0.2, -0.15) is 4.31 Å². The third kappa shape index (κ3) is 6.02. The molecule has 0 aliphatic carbocycles. The average Bonchev–Trinajstić information content (AvgIpc) is 2.63. The van der Waals surface area contributed by atoms with Gasteiger partial charge in [0.1, 0.15) is 5.75 Å². The van der Waals surface area contributed by atoms with Gasteiger partial charge in [-0.15, -0.1) is 0 Å². The average molecular weight is 374 g/mol. The zero-order chi connectivity index (χ0) is 19.0. The van der Waals surface area contributed by atoms with Gasteiger partial charge in [-0.3, -0.25) is 4.79 Å². The van der Waals surface area contributed by atoms with E-state index in [0.29, 0.717) is 18.0 Å². The molecule has 6 nitrogen and oxygen atoms in total. The summed E-state index contributed by atoms with van der Waals surface area (Å²) in [7, 11) is -2.32. The molecule has 1 amide bonds. The van der Waals surface area contributed by atoms with Crippen LogP contribution >= 0.6 is 0 Å². The van der Waals surface area contributed by atoms with Crippen molar-refractivity contribution in [3.8, 4) is 5.75 Å². The molecule has 0 saturated heterocycles. The molecule has 2 aromatic rings. The first-order valence-corrected chi connectivity index (χ1v) is 9.63. The number of ether oxygens (including phenoxy) is 1. The maximum atomic E-state index is 12.3. The number of hydrogen-bond acceptors (Lipinski definition) is 4. The zero-order valence-corrected chi connectivity index (χ0v) is 15.6. The quantitative estimate of drug-likeness (QED) is 0.771. The van der Waals surface area contributed by atoms with Crippen LogP contribution in [0.2, 0.25) is 0 Å². The maximum Gasteiger partial charge on any atom is 0.239 e. The van der Waals surface area contributed by atoms with E-state index in [1.807, 2.05) is 25.1 Å². The first kappa shape index (κ1) is 19.7. The van der Waals surface area contributed by atoms with Crippen LogP contribution in [0.4, 0.5) is 5.69 Å². The Bertz CT molecular complexity index is 847. The third-order valence-electron chi connectivity index (χ3n) is 3.48. The van der Waals surface area contributed by atoms with E-state index in [2.05, 4.69) is 5.32 Å². The molecule has 2 aromatic carbocycles. The van der Waals surface area contributed by atoms with Crippen LogP contribution in [0.5, 0.6) is 5.75 Å². The summed E-state index contributed by atoms with van der Waals surface area (Å²) in [6, 6.07) is 16.0. The van der Waals surface area contributed by atoms with Crippen molar-refractivity contribution < 1.29 is 17.9 Å². The molecular formula is C19H22N2O4S. The van der Waals surface area contributed by atoms with Crippen LogP contribution in [0.15, 0.2) is 60.0 Å². The molecule has 1 N–H and O–H groups in total. The van der Waals surface area contributed by atoms with Crippen molar-refractivity contribution in [1.82, 2.24) is 4.31 Å². The maximum absolute atomic E-state index is 12.3. The van der Waals surface area contributed by atoms with Crippen molar-refractivity contribution >= 4 is 27.7 Å². The van der Waals surface area contributed by atoms with E-state index in [9.17, 15) is 13.2 Å². The van der Waals surface area contributed by atoms with Gasteiger partial charge in [0.05, 0.1) is 13.2 Å². The SMILES string of the molecule is CCOc1ccc(NC(=O)CN(C)S(=O)(=O)/C=C/c2ccccc2)cc1. The Morgan fingerprint density at radius 3 is 2.38 bits per heavy atom. The van der Waals surface area contributed by atoms with Gasteiger partial charge in [0, 0.05) is 18.1 Å². The van der Waals surface area contributed by atoms with Crippen LogP contribution in [-0.4, -0.2) is 38.8 Å². The molecule has 0 spiro atoms. The van der Waals surface area contributed by atoms with Crippen molar-refractivity contribution in [2.75, 3.05) is 25.5 Å². The number of carbonyl (C=O) groups excluding carboxylic acids is 1. The van der Waals surface area contributed by atoms with Gasteiger partial charge in [-0.25, -0.2) is 8.42 Å². The second kappa shape index (κ2) is 9.17. The highest BCUT2D eigenvalue weighted by Gasteiger charge is 2.17. The Kier molecular flexibility index (Phi) is 6.94. The fourth-order valence-corrected chi connectivity index (χ4v) is 2.96. The number of hydrogen-bond donors (Lipinski definition) is 1. The van der Waals surface area contributed by atoms with Crippen LogP contribution in [0.3, 0.4) is 0 Å². The topological polar surface area (TPSA) is 75.7 Å². The summed E-state index contributed by atoms with van der Waals surface area (Å²) in [5.41, 5.74) is 1.34. The minimum Gasteiger partial charge on any atom is -0.494 e. The molecule has 0 fully saturated rings. The van der Waals surface area contributed by atoms with E-state index >= 15 is 0 Å². The minimum atomic E-state index is -3.69. The summed E-state index contributed by atoms with van der Waals surface area (Å²) in [6.45, 7) is 2.16. The lowest BCUT2D eigenvalue weighted by Crippen LogP contribution is -2.33. The first-order valence-electron chi connectivity index (χ1n) is 8.13. The molecule has 138 valence electrons. The van der Waals surface area contributed by atoms with Gasteiger partial charge >= 0.3 is 0 Å². The van der Waals surface area contributed by atoms with Crippen molar-refractivity contribution in [1.29, 1.82) is 0 Å². The van der Waals surface area contributed by atoms with Crippen molar-refractivity contribution in [2.45, 2.75) is 6.92 Å². The standard InChI is InChI=1S/C19H22N2O4S/c1-3-25-18-11-9-17(10-12-18)20-19(22)15-21(2)26(23,24)14-13-16-7-5-4-6-8-16/h4-14H,3,15H2,1-2H3,(H,20,22)/b14-13+. The molecule has 2 rings (SSSR count). The highest BCUT2D eigenvalue weighted by atomic mass is 32.2. The second-order valence-electron chi connectivity index (χ2n) is 5.52. The van der Waals surface area contributed by atoms with E-state index in [1.165, 1.54) is 13.1 Å². The predicted octanol–water partition coefficient (Wildman–Crippen LogP) is 2.96. The van der Waals surface area contributed by atoms with E-state index in [4.69, 9.17) is 4.74 Å². The number of anilines is 1. The molecule has 0 bridgehead atoms. The molecule has 0 radical (unpaired) electrons. The Morgan fingerprint density at radius 2 is 1.77 bits per heavy atom. The van der Waals surface area contributed by atoms with E-state index in [-0.39, 0.29) is 6.54 Å². The van der Waals surface area contributed by atoms with Crippen molar-refractivity contribution in [3.63, 3.8) is 0 Å². The summed E-state index contributed by atoms with van der Waals surface area (Å²) >= 11 is 0. The second-order valence-corrected chi connectivity index (χ2v) is 7.45. The lowest BCUT2D eigenvalue weighted by molar-refractivity contribution is -0.116. The molecular weight excluding hydrogens is 352 g/mol. The molecule has 7 heteroatoms. The third-order valence-corrected chi connectivity index (χ3v) is 4.96. The zero-order valence-electron chi connectivity index (χ0n) is 14.8. The number of carbonyl (C=O) groups is 1. The highest BCUT2D eigenvalue weighted by molar-refractivity contribution is 7.92. The van der Waals surface area contributed by atoms with Crippen LogP contribution in [0.25, 0.3) is 6.08 Å². The molecule has 0 aromatic heterocycles. The Hall–Kier alpha value is -2.64. The van der Waals surface area contributed by atoms with Crippen LogP contribution in [0.1, 0.15) is 12.5 Å². The number of amides is 1. The van der Waals surface area contributed by atoms with Gasteiger partial charge in [0.15, 0.2) is 0 Å². The van der Waals surface area contributed by atoms with E-state index in [1.54, 1.807) is 36.4 Å². The fourth-order valence-electron chi connectivity index (χ4n) is 2.13. The van der Waals surface area contributed by atoms with Gasteiger partial charge in [-0.05, 0) is 42.8 Å². The van der Waals surface area contributed by atoms with E-state index in [0.717, 1.165) is 15.3 Å². The number of nitrogens with zero attached hydrogens (tertiary/aromatic N) is 1. The number of rotatable bonds is 8. The molecule has 0 unspecified atom stereocenters. The van der Waals surface area contributed by atoms with Gasteiger partial charge in [0.25, 0.3) is 0 Å². The molecule has 26 heavy (non-hydrogen) atoms. The van der Waals surface area contributed by atoms with Crippen LogP contribution in [-0.2, 0) is 14.8 Å². The monoisotopic (exact) mass is 374 g/mol. The molecule has 0 aliphatic rings. The lowest BCUT2D eigenvalue weighted by Gasteiger charge is -2.14. The number of sulfonamides is 1. The van der Waals surface area contributed by atoms with Gasteiger partial charge < -0.3 is 10.1 Å². The highest BCUT2D eigenvalue weighted by Crippen LogP contribution is 2.15. The van der Waals surface area contributed by atoms with Gasteiger partial charge in [0.2, 0.25) is 15.9 Å². The molecule has 0 saturated carbocycles. The number of nitrogens with one attached hydrogen (secondary N) is 1. The van der Waals surface area contributed by atoms with Crippen LogP contribution < -0.4 is 10.1 Å². The first-order chi connectivity index (χ1) is 12.4. The summed E-state index contributed by atoms with van der Waals surface area (Å²) < 4.78 is 30.8. The Labute approximate surface area is 154 Å². The molecule has 0 heterocycles. The fraction of sp³-hybridized carbons (Fsp3) is 0.211. The Balaban J connectivity index is 1.93. The lowest BCUT2D eigenvalue weighted by atomic mass is 10.2. The summed E-state index contributed by atoms with van der Waals surface area (Å²) in [5, 5.41) is 3.75. The van der Waals surface area contributed by atoms with Crippen molar-refractivity contribution in [3.05, 3.63) is 65.6 Å². The normalized spacial score (nSPS) is 11.7. The minimum absolute atomic E-state index is 0.283. The molecule has 0 atom stereocenters. The Morgan fingerprint density at radius 1 is 1.12 bits per heavy atom. The largest absolute Gasteiger partial charge is 0.494 e. The number of benzene rings is 2. The van der Waals surface area contributed by atoms with Gasteiger partial charge in [-0.1, -0.05) is 30.3 Å². The van der Waals surface area contributed by atoms with Crippen molar-refractivity contribution in [2.24, 2.45) is 0 Å². The number of likely N-dealkylation sites (N-methyl/N-ethyl adjacent to an activating group) is 1. The molecule has 0 aliphatic heterocycles. The van der Waals surface area contributed by atoms with Crippen LogP contribution in [0, 0.1) is 0 Å². The predicted molar refractivity (Wildman–Crippen MR) is 103 cm³/mol. The summed E-state index contributed by atoms with van der Waals surface area (Å²) in [4.78, 5) is 12.1.